The van der Waals surface area contributed by atoms with Crippen molar-refractivity contribution in [2.24, 2.45) is 0 Å². The van der Waals surface area contributed by atoms with Gasteiger partial charge in [0.05, 0.1) is 11.2 Å². The maximum Gasteiger partial charge on any atom is 0.126 e. The lowest BCUT2D eigenvalue weighted by Gasteiger charge is -2.09. The van der Waals surface area contributed by atoms with Gasteiger partial charge >= 0.3 is 0 Å². The quantitative estimate of drug-likeness (QED) is 0.625. The summed E-state index contributed by atoms with van der Waals surface area (Å²) in [5.41, 5.74) is 2.72. The highest BCUT2D eigenvalue weighted by Gasteiger charge is 2.11. The van der Waals surface area contributed by atoms with E-state index in [1.165, 1.54) is 0 Å². The molecule has 0 saturated carbocycles. The smallest absolute Gasteiger partial charge is 0.126 e. The lowest BCUT2D eigenvalue weighted by molar-refractivity contribution is 1.10. The first-order chi connectivity index (χ1) is 9.15. The summed E-state index contributed by atoms with van der Waals surface area (Å²) in [4.78, 5) is 9.01. The Labute approximate surface area is 124 Å². The summed E-state index contributed by atoms with van der Waals surface area (Å²) in [6.07, 6.45) is 0. The van der Waals surface area contributed by atoms with Gasteiger partial charge in [0.15, 0.2) is 0 Å². The standard InChI is InChI=1S/C15H10BrClN2/c1-9-18-14-7-6-10(16)8-12(14)15(19-9)11-4-2-3-5-13(11)17/h2-8H,1H3. The molecule has 0 N–H and O–H groups in total. The molecular formula is C15H10BrClN2. The first-order valence-electron chi connectivity index (χ1n) is 5.84. The van der Waals surface area contributed by atoms with E-state index in [9.17, 15) is 0 Å². The fourth-order valence-corrected chi connectivity index (χ4v) is 2.66. The molecule has 2 aromatic carbocycles. The largest absolute Gasteiger partial charge is 0.233 e. The van der Waals surface area contributed by atoms with Gasteiger partial charge in [0, 0.05) is 20.4 Å². The highest BCUT2D eigenvalue weighted by molar-refractivity contribution is 9.10. The second kappa shape index (κ2) is 4.91. The van der Waals surface area contributed by atoms with Crippen LogP contribution in [0, 0.1) is 6.92 Å². The maximum atomic E-state index is 6.28. The van der Waals surface area contributed by atoms with E-state index in [4.69, 9.17) is 11.6 Å². The summed E-state index contributed by atoms with van der Waals surface area (Å²) in [7, 11) is 0. The molecule has 0 saturated heterocycles. The number of benzene rings is 2. The molecule has 0 fully saturated rings. The van der Waals surface area contributed by atoms with Crippen molar-refractivity contribution in [3.05, 3.63) is 57.8 Å². The predicted molar refractivity (Wildman–Crippen MR) is 82.4 cm³/mol. The highest BCUT2D eigenvalue weighted by atomic mass is 79.9. The summed E-state index contributed by atoms with van der Waals surface area (Å²) in [6, 6.07) is 13.7. The van der Waals surface area contributed by atoms with Crippen molar-refractivity contribution in [2.75, 3.05) is 0 Å². The molecule has 1 aromatic heterocycles. The fourth-order valence-electron chi connectivity index (χ4n) is 2.08. The Balaban J connectivity index is 2.40. The van der Waals surface area contributed by atoms with Crippen LogP contribution < -0.4 is 0 Å². The van der Waals surface area contributed by atoms with Crippen LogP contribution in [0.4, 0.5) is 0 Å². The lowest BCUT2D eigenvalue weighted by Crippen LogP contribution is -1.94. The van der Waals surface area contributed by atoms with Gasteiger partial charge in [0.25, 0.3) is 0 Å². The number of nitrogens with zero attached hydrogens (tertiary/aromatic N) is 2. The van der Waals surface area contributed by atoms with Gasteiger partial charge in [-0.15, -0.1) is 0 Å². The lowest BCUT2D eigenvalue weighted by atomic mass is 10.1. The van der Waals surface area contributed by atoms with E-state index in [1.807, 2.05) is 49.4 Å². The van der Waals surface area contributed by atoms with Crippen molar-refractivity contribution in [1.29, 1.82) is 0 Å². The molecule has 19 heavy (non-hydrogen) atoms. The van der Waals surface area contributed by atoms with E-state index in [0.717, 1.165) is 32.5 Å². The average molecular weight is 334 g/mol. The second-order valence-corrected chi connectivity index (χ2v) is 5.58. The molecule has 0 radical (unpaired) electrons. The van der Waals surface area contributed by atoms with Crippen LogP contribution in [-0.4, -0.2) is 9.97 Å². The Morgan fingerprint density at radius 2 is 1.84 bits per heavy atom. The minimum Gasteiger partial charge on any atom is -0.233 e. The van der Waals surface area contributed by atoms with Crippen molar-refractivity contribution in [2.45, 2.75) is 6.92 Å². The molecule has 1 heterocycles. The van der Waals surface area contributed by atoms with Gasteiger partial charge in [-0.1, -0.05) is 45.7 Å². The first-order valence-corrected chi connectivity index (χ1v) is 7.01. The monoisotopic (exact) mass is 332 g/mol. The molecule has 4 heteroatoms. The Morgan fingerprint density at radius 1 is 1.05 bits per heavy atom. The molecule has 0 aliphatic heterocycles. The van der Waals surface area contributed by atoms with E-state index in [0.29, 0.717) is 5.02 Å². The average Bonchev–Trinajstić information content (AvgIpc) is 2.39. The third-order valence-electron chi connectivity index (χ3n) is 2.90. The summed E-state index contributed by atoms with van der Waals surface area (Å²) in [5, 5.41) is 1.69. The SMILES string of the molecule is Cc1nc(-c2ccccc2Cl)c2cc(Br)ccc2n1. The topological polar surface area (TPSA) is 25.8 Å². The molecule has 0 bridgehead atoms. The van der Waals surface area contributed by atoms with E-state index < -0.39 is 0 Å². The minimum absolute atomic E-state index is 0.696. The summed E-state index contributed by atoms with van der Waals surface area (Å²) >= 11 is 9.77. The molecule has 0 spiro atoms. The van der Waals surface area contributed by atoms with Crippen LogP contribution in [0.1, 0.15) is 5.82 Å². The van der Waals surface area contributed by atoms with Crippen molar-refractivity contribution in [1.82, 2.24) is 9.97 Å². The van der Waals surface area contributed by atoms with Crippen LogP contribution in [0.3, 0.4) is 0 Å². The molecule has 2 nitrogen and oxygen atoms in total. The summed E-state index contributed by atoms with van der Waals surface area (Å²) in [6.45, 7) is 1.89. The summed E-state index contributed by atoms with van der Waals surface area (Å²) < 4.78 is 1.00. The molecule has 0 atom stereocenters. The van der Waals surface area contributed by atoms with Gasteiger partial charge in [0.2, 0.25) is 0 Å². The molecule has 94 valence electrons. The fraction of sp³-hybridized carbons (Fsp3) is 0.0667. The maximum absolute atomic E-state index is 6.28. The van der Waals surface area contributed by atoms with Crippen molar-refractivity contribution in [3.8, 4) is 11.3 Å². The number of hydrogen-bond acceptors (Lipinski definition) is 2. The van der Waals surface area contributed by atoms with Crippen molar-refractivity contribution >= 4 is 38.4 Å². The van der Waals surface area contributed by atoms with Gasteiger partial charge in [-0.05, 0) is 31.2 Å². The zero-order valence-corrected chi connectivity index (χ0v) is 12.5. The number of halogens is 2. The molecular weight excluding hydrogens is 324 g/mol. The highest BCUT2D eigenvalue weighted by Crippen LogP contribution is 2.32. The minimum atomic E-state index is 0.696. The van der Waals surface area contributed by atoms with E-state index in [-0.39, 0.29) is 0 Å². The summed E-state index contributed by atoms with van der Waals surface area (Å²) in [5.74, 6) is 0.741. The molecule has 0 amide bonds. The molecule has 0 aliphatic rings. The van der Waals surface area contributed by atoms with Gasteiger partial charge in [0.1, 0.15) is 5.82 Å². The van der Waals surface area contributed by atoms with Gasteiger partial charge in [-0.25, -0.2) is 9.97 Å². The van der Waals surface area contributed by atoms with Crippen LogP contribution in [0.15, 0.2) is 46.9 Å². The molecule has 0 aliphatic carbocycles. The van der Waals surface area contributed by atoms with E-state index in [1.54, 1.807) is 0 Å². The normalized spacial score (nSPS) is 10.9. The van der Waals surface area contributed by atoms with Gasteiger partial charge in [-0.3, -0.25) is 0 Å². The van der Waals surface area contributed by atoms with Crippen LogP contribution in [0.2, 0.25) is 5.02 Å². The van der Waals surface area contributed by atoms with E-state index in [2.05, 4.69) is 25.9 Å². The van der Waals surface area contributed by atoms with E-state index >= 15 is 0 Å². The van der Waals surface area contributed by atoms with Gasteiger partial charge in [-0.2, -0.15) is 0 Å². The molecule has 3 rings (SSSR count). The zero-order valence-electron chi connectivity index (χ0n) is 10.2. The van der Waals surface area contributed by atoms with Crippen LogP contribution in [0.5, 0.6) is 0 Å². The number of aryl methyl sites for hydroxylation is 1. The van der Waals surface area contributed by atoms with Crippen LogP contribution in [0.25, 0.3) is 22.2 Å². The number of hydrogen-bond donors (Lipinski definition) is 0. The Morgan fingerprint density at radius 3 is 2.63 bits per heavy atom. The van der Waals surface area contributed by atoms with Crippen molar-refractivity contribution < 1.29 is 0 Å². The molecule has 0 unspecified atom stereocenters. The number of aromatic nitrogens is 2. The third kappa shape index (κ3) is 2.36. The van der Waals surface area contributed by atoms with Crippen molar-refractivity contribution in [3.63, 3.8) is 0 Å². The van der Waals surface area contributed by atoms with Crippen LogP contribution >= 0.6 is 27.5 Å². The predicted octanol–water partition coefficient (Wildman–Crippen LogP) is 5.02. The Bertz CT molecular complexity index is 771. The zero-order chi connectivity index (χ0) is 13.4. The first kappa shape index (κ1) is 12.6. The Hall–Kier alpha value is -1.45. The molecule has 3 aromatic rings. The van der Waals surface area contributed by atoms with Gasteiger partial charge < -0.3 is 0 Å². The van der Waals surface area contributed by atoms with Crippen LogP contribution in [-0.2, 0) is 0 Å². The second-order valence-electron chi connectivity index (χ2n) is 4.26. The Kier molecular flexibility index (Phi) is 3.25. The third-order valence-corrected chi connectivity index (χ3v) is 3.72. The number of fused-ring (bicyclic) bond motifs is 1. The number of rotatable bonds is 1.